The number of rotatable bonds is 1. The molecule has 0 unspecified atom stereocenters. The Morgan fingerprint density at radius 1 is 1.42 bits per heavy atom. The van der Waals surface area contributed by atoms with Gasteiger partial charge in [-0.3, -0.25) is 0 Å². The van der Waals surface area contributed by atoms with Crippen molar-refractivity contribution in [2.75, 3.05) is 0 Å². The second-order valence-corrected chi connectivity index (χ2v) is 4.95. The van der Waals surface area contributed by atoms with Crippen LogP contribution in [0.1, 0.15) is 20.8 Å². The van der Waals surface area contributed by atoms with Crippen molar-refractivity contribution in [1.82, 2.24) is 9.78 Å². The summed E-state index contributed by atoms with van der Waals surface area (Å²) >= 11 is 0. The molecule has 2 rings (SSSR count). The number of benzene rings is 1. The maximum atomic E-state index is 12.0. The molecule has 98 valence electrons. The Bertz CT molecular complexity index is 676. The zero-order chi connectivity index (χ0) is 14.0. The summed E-state index contributed by atoms with van der Waals surface area (Å²) in [6, 6.07) is 5.10. The molecular weight excluding hydrogens is 246 g/mol. The van der Waals surface area contributed by atoms with Crippen molar-refractivity contribution in [3.8, 4) is 0 Å². The first-order valence-electron chi connectivity index (χ1n) is 5.70. The molecule has 0 fully saturated rings. The van der Waals surface area contributed by atoms with Crippen LogP contribution in [-0.2, 0) is 9.53 Å². The standard InChI is InChI=1S/C13H13N3O3/c1-13(2,3)19-12(18)16-11-9(7-15-16)5-4-6-10(11)14-8-17/h4-7H,1-3H3. The van der Waals surface area contributed by atoms with E-state index in [1.807, 2.05) is 0 Å². The van der Waals surface area contributed by atoms with Crippen LogP contribution in [0.25, 0.3) is 10.9 Å². The Kier molecular flexibility index (Phi) is 3.19. The van der Waals surface area contributed by atoms with Crippen molar-refractivity contribution in [2.45, 2.75) is 26.4 Å². The fraction of sp³-hybridized carbons (Fsp3) is 0.308. The fourth-order valence-corrected chi connectivity index (χ4v) is 1.64. The number of aliphatic imine (C=N–C) groups is 1. The molecule has 0 bridgehead atoms. The van der Waals surface area contributed by atoms with Gasteiger partial charge in [0.1, 0.15) is 16.8 Å². The summed E-state index contributed by atoms with van der Waals surface area (Å²) in [5, 5.41) is 4.67. The van der Waals surface area contributed by atoms with Crippen molar-refractivity contribution in [3.05, 3.63) is 24.4 Å². The molecule has 0 aliphatic heterocycles. The minimum Gasteiger partial charge on any atom is -0.442 e. The van der Waals surface area contributed by atoms with Crippen molar-refractivity contribution < 1.29 is 14.3 Å². The number of aromatic nitrogens is 2. The van der Waals surface area contributed by atoms with Crippen molar-refractivity contribution in [1.29, 1.82) is 0 Å². The Balaban J connectivity index is 2.55. The number of carbonyl (C=O) groups is 1. The number of hydrogen-bond acceptors (Lipinski definition) is 5. The maximum Gasteiger partial charge on any atom is 0.435 e. The average Bonchev–Trinajstić information content (AvgIpc) is 2.72. The van der Waals surface area contributed by atoms with Gasteiger partial charge in [-0.15, -0.1) is 0 Å². The molecule has 1 aromatic heterocycles. The quantitative estimate of drug-likeness (QED) is 0.583. The molecule has 6 heteroatoms. The Morgan fingerprint density at radius 2 is 2.16 bits per heavy atom. The summed E-state index contributed by atoms with van der Waals surface area (Å²) in [5.74, 6) is 0. The van der Waals surface area contributed by atoms with E-state index in [0.717, 1.165) is 4.68 Å². The van der Waals surface area contributed by atoms with E-state index >= 15 is 0 Å². The van der Waals surface area contributed by atoms with E-state index in [1.54, 1.807) is 39.0 Å². The molecule has 0 radical (unpaired) electrons. The third-order valence-electron chi connectivity index (χ3n) is 2.30. The van der Waals surface area contributed by atoms with Gasteiger partial charge < -0.3 is 4.74 Å². The lowest BCUT2D eigenvalue weighted by Crippen LogP contribution is -2.27. The molecule has 0 N–H and O–H groups in total. The second kappa shape index (κ2) is 4.66. The van der Waals surface area contributed by atoms with Crippen molar-refractivity contribution in [2.24, 2.45) is 4.99 Å². The predicted octanol–water partition coefficient (Wildman–Crippen LogP) is 2.79. The monoisotopic (exact) mass is 259 g/mol. The Morgan fingerprint density at radius 3 is 2.79 bits per heavy atom. The van der Waals surface area contributed by atoms with E-state index in [0.29, 0.717) is 16.6 Å². The number of para-hydroxylation sites is 1. The van der Waals surface area contributed by atoms with Gasteiger partial charge in [-0.25, -0.2) is 9.59 Å². The summed E-state index contributed by atoms with van der Waals surface area (Å²) in [5.41, 5.74) is 0.133. The first-order chi connectivity index (χ1) is 8.92. The molecule has 0 saturated heterocycles. The van der Waals surface area contributed by atoms with Crippen LogP contribution in [0, 0.1) is 0 Å². The molecule has 1 aromatic carbocycles. The summed E-state index contributed by atoms with van der Waals surface area (Å²) in [7, 11) is 0. The summed E-state index contributed by atoms with van der Waals surface area (Å²) in [4.78, 5) is 26.0. The van der Waals surface area contributed by atoms with Crippen LogP contribution >= 0.6 is 0 Å². The number of carbonyl (C=O) groups excluding carboxylic acids is 2. The molecule has 0 aliphatic carbocycles. The second-order valence-electron chi connectivity index (χ2n) is 4.95. The van der Waals surface area contributed by atoms with Crippen molar-refractivity contribution >= 4 is 28.8 Å². The molecule has 0 amide bonds. The van der Waals surface area contributed by atoms with E-state index in [9.17, 15) is 9.59 Å². The zero-order valence-corrected chi connectivity index (χ0v) is 10.9. The summed E-state index contributed by atoms with van der Waals surface area (Å²) in [6.07, 6.45) is 2.36. The molecule has 0 aliphatic rings. The topological polar surface area (TPSA) is 73.6 Å². The van der Waals surface area contributed by atoms with Crippen LogP contribution in [-0.4, -0.2) is 27.6 Å². The van der Waals surface area contributed by atoms with Crippen LogP contribution in [0.15, 0.2) is 29.4 Å². The third-order valence-corrected chi connectivity index (χ3v) is 2.30. The molecule has 19 heavy (non-hydrogen) atoms. The van der Waals surface area contributed by atoms with Gasteiger partial charge in [0.25, 0.3) is 0 Å². The number of isocyanates is 1. The van der Waals surface area contributed by atoms with Gasteiger partial charge in [-0.05, 0) is 26.8 Å². The van der Waals surface area contributed by atoms with Gasteiger partial charge >= 0.3 is 6.09 Å². The average molecular weight is 259 g/mol. The highest BCUT2D eigenvalue weighted by molar-refractivity contribution is 5.95. The van der Waals surface area contributed by atoms with Crippen molar-refractivity contribution in [3.63, 3.8) is 0 Å². The minimum atomic E-state index is -0.627. The fourth-order valence-electron chi connectivity index (χ4n) is 1.64. The molecular formula is C13H13N3O3. The highest BCUT2D eigenvalue weighted by Gasteiger charge is 2.21. The zero-order valence-electron chi connectivity index (χ0n) is 10.9. The van der Waals surface area contributed by atoms with Crippen LogP contribution < -0.4 is 0 Å². The van der Waals surface area contributed by atoms with E-state index in [2.05, 4.69) is 10.1 Å². The number of hydrogen-bond donors (Lipinski definition) is 0. The van der Waals surface area contributed by atoms with E-state index in [-0.39, 0.29) is 0 Å². The number of fused-ring (bicyclic) bond motifs is 1. The van der Waals surface area contributed by atoms with E-state index in [1.165, 1.54) is 12.3 Å². The number of ether oxygens (including phenoxy) is 1. The molecule has 0 saturated carbocycles. The molecule has 0 spiro atoms. The largest absolute Gasteiger partial charge is 0.442 e. The Labute approximate surface area is 109 Å². The first-order valence-corrected chi connectivity index (χ1v) is 5.70. The Hall–Kier alpha value is -2.46. The smallest absolute Gasteiger partial charge is 0.435 e. The third kappa shape index (κ3) is 2.69. The van der Waals surface area contributed by atoms with E-state index in [4.69, 9.17) is 4.74 Å². The molecule has 0 atom stereocenters. The maximum absolute atomic E-state index is 12.0. The van der Waals surface area contributed by atoms with Crippen LogP contribution in [0.5, 0.6) is 0 Å². The van der Waals surface area contributed by atoms with Crippen LogP contribution in [0.2, 0.25) is 0 Å². The highest BCUT2D eigenvalue weighted by Crippen LogP contribution is 2.26. The molecule has 1 heterocycles. The van der Waals surface area contributed by atoms with Crippen LogP contribution in [0.3, 0.4) is 0 Å². The lowest BCUT2D eigenvalue weighted by Gasteiger charge is -2.19. The summed E-state index contributed by atoms with van der Waals surface area (Å²) in [6.45, 7) is 5.29. The lowest BCUT2D eigenvalue weighted by molar-refractivity contribution is 0.0523. The SMILES string of the molecule is CC(C)(C)OC(=O)n1ncc2cccc(N=C=O)c21. The van der Waals surface area contributed by atoms with Gasteiger partial charge in [0.2, 0.25) is 6.08 Å². The normalized spacial score (nSPS) is 11.1. The lowest BCUT2D eigenvalue weighted by atomic mass is 10.2. The van der Waals surface area contributed by atoms with Gasteiger partial charge in [0.15, 0.2) is 0 Å². The van der Waals surface area contributed by atoms with Gasteiger partial charge in [0, 0.05) is 5.39 Å². The predicted molar refractivity (Wildman–Crippen MR) is 69.1 cm³/mol. The minimum absolute atomic E-state index is 0.329. The van der Waals surface area contributed by atoms with Gasteiger partial charge in [0.05, 0.1) is 6.20 Å². The highest BCUT2D eigenvalue weighted by atomic mass is 16.6. The molecule has 2 aromatic rings. The van der Waals surface area contributed by atoms with Gasteiger partial charge in [-0.2, -0.15) is 14.8 Å². The van der Waals surface area contributed by atoms with E-state index < -0.39 is 11.7 Å². The van der Waals surface area contributed by atoms with Gasteiger partial charge in [-0.1, -0.05) is 12.1 Å². The molecule has 6 nitrogen and oxygen atoms in total. The first kappa shape index (κ1) is 13.0. The summed E-state index contributed by atoms with van der Waals surface area (Å²) < 4.78 is 6.34. The van der Waals surface area contributed by atoms with Crippen LogP contribution in [0.4, 0.5) is 10.5 Å². The number of nitrogens with zero attached hydrogens (tertiary/aromatic N) is 3.